The van der Waals surface area contributed by atoms with Gasteiger partial charge in [-0.15, -0.1) is 0 Å². The van der Waals surface area contributed by atoms with Crippen LogP contribution < -0.4 is 5.32 Å². The van der Waals surface area contributed by atoms with Gasteiger partial charge >= 0.3 is 0 Å². The van der Waals surface area contributed by atoms with Crippen LogP contribution in [0.5, 0.6) is 0 Å². The van der Waals surface area contributed by atoms with Crippen LogP contribution in [0.3, 0.4) is 0 Å². The van der Waals surface area contributed by atoms with Gasteiger partial charge in [-0.2, -0.15) is 0 Å². The average Bonchev–Trinajstić information content (AvgIpc) is 2.27. The second-order valence-corrected chi connectivity index (χ2v) is 5.94. The van der Waals surface area contributed by atoms with E-state index in [4.69, 9.17) is 0 Å². The molecule has 1 amide bonds. The SMILES string of the molecule is CNC1C2CC(CC(C(=O)N(C)C)C2)CN1C. The van der Waals surface area contributed by atoms with Crippen LogP contribution in [-0.4, -0.2) is 56.6 Å². The molecule has 2 rings (SSSR count). The van der Waals surface area contributed by atoms with E-state index in [1.54, 1.807) is 4.90 Å². The maximum absolute atomic E-state index is 12.1. The molecule has 4 heteroatoms. The van der Waals surface area contributed by atoms with E-state index >= 15 is 0 Å². The van der Waals surface area contributed by atoms with Gasteiger partial charge in [0.1, 0.15) is 0 Å². The van der Waals surface area contributed by atoms with E-state index in [0.717, 1.165) is 19.4 Å². The lowest BCUT2D eigenvalue weighted by Gasteiger charge is -2.48. The van der Waals surface area contributed by atoms with Gasteiger partial charge in [0.05, 0.1) is 6.17 Å². The fourth-order valence-electron chi connectivity index (χ4n) is 3.80. The van der Waals surface area contributed by atoms with Crippen molar-refractivity contribution in [3.63, 3.8) is 0 Å². The Kier molecular flexibility index (Phi) is 3.73. The highest BCUT2D eigenvalue weighted by Gasteiger charge is 2.41. The predicted octanol–water partition coefficient (Wildman–Crippen LogP) is 0.598. The van der Waals surface area contributed by atoms with Crippen molar-refractivity contribution in [1.82, 2.24) is 15.1 Å². The summed E-state index contributed by atoms with van der Waals surface area (Å²) < 4.78 is 0. The smallest absolute Gasteiger partial charge is 0.225 e. The standard InChI is InChI=1S/C13H25N3O/c1-14-12-10-5-9(8-16(12)4)6-11(7-10)13(17)15(2)3/h9-12,14H,5-8H2,1-4H3. The summed E-state index contributed by atoms with van der Waals surface area (Å²) in [5.74, 6) is 1.90. The van der Waals surface area contributed by atoms with Crippen molar-refractivity contribution in [3.05, 3.63) is 0 Å². The summed E-state index contributed by atoms with van der Waals surface area (Å²) in [4.78, 5) is 16.3. The lowest BCUT2D eigenvalue weighted by atomic mass is 9.70. The first-order chi connectivity index (χ1) is 8.02. The minimum absolute atomic E-state index is 0.248. The Hall–Kier alpha value is -0.610. The van der Waals surface area contributed by atoms with Gasteiger partial charge in [-0.25, -0.2) is 0 Å². The number of amides is 1. The Balaban J connectivity index is 2.07. The molecule has 2 aliphatic rings. The van der Waals surface area contributed by atoms with E-state index in [9.17, 15) is 4.79 Å². The highest BCUT2D eigenvalue weighted by Crippen LogP contribution is 2.40. The van der Waals surface area contributed by atoms with E-state index in [-0.39, 0.29) is 5.92 Å². The highest BCUT2D eigenvalue weighted by atomic mass is 16.2. The van der Waals surface area contributed by atoms with Crippen LogP contribution in [0.15, 0.2) is 0 Å². The summed E-state index contributed by atoms with van der Waals surface area (Å²) in [6, 6.07) is 0. The van der Waals surface area contributed by atoms with Crippen molar-refractivity contribution >= 4 is 5.91 Å². The van der Waals surface area contributed by atoms with Crippen molar-refractivity contribution in [1.29, 1.82) is 0 Å². The molecule has 4 nitrogen and oxygen atoms in total. The number of carbonyl (C=O) groups excluding carboxylic acids is 1. The molecule has 2 bridgehead atoms. The van der Waals surface area contributed by atoms with Crippen molar-refractivity contribution in [2.75, 3.05) is 34.7 Å². The normalized spacial score (nSPS) is 37.9. The molecule has 0 spiro atoms. The van der Waals surface area contributed by atoms with Gasteiger partial charge in [-0.1, -0.05) is 0 Å². The third-order valence-electron chi connectivity index (χ3n) is 4.39. The molecule has 1 N–H and O–H groups in total. The summed E-state index contributed by atoms with van der Waals surface area (Å²) in [5, 5.41) is 3.40. The zero-order chi connectivity index (χ0) is 12.6. The van der Waals surface area contributed by atoms with E-state index in [0.29, 0.717) is 23.9 Å². The number of nitrogens with one attached hydrogen (secondary N) is 1. The number of fused-ring (bicyclic) bond motifs is 2. The molecule has 1 saturated carbocycles. The van der Waals surface area contributed by atoms with Crippen molar-refractivity contribution in [2.45, 2.75) is 25.4 Å². The molecule has 0 aromatic heterocycles. The Morgan fingerprint density at radius 2 is 2.00 bits per heavy atom. The molecule has 1 aliphatic carbocycles. The highest BCUT2D eigenvalue weighted by molar-refractivity contribution is 5.78. The zero-order valence-corrected chi connectivity index (χ0v) is 11.4. The molecular formula is C13H25N3O. The van der Waals surface area contributed by atoms with Crippen molar-refractivity contribution in [2.24, 2.45) is 17.8 Å². The summed E-state index contributed by atoms with van der Waals surface area (Å²) in [5.41, 5.74) is 0. The molecule has 1 heterocycles. The lowest BCUT2D eigenvalue weighted by Crippen LogP contribution is -2.56. The zero-order valence-electron chi connectivity index (χ0n) is 11.4. The molecular weight excluding hydrogens is 214 g/mol. The molecule has 0 radical (unpaired) electrons. The largest absolute Gasteiger partial charge is 0.349 e. The van der Waals surface area contributed by atoms with Crippen LogP contribution in [0, 0.1) is 17.8 Å². The van der Waals surface area contributed by atoms with E-state index in [1.807, 2.05) is 21.1 Å². The molecule has 4 unspecified atom stereocenters. The number of likely N-dealkylation sites (tertiary alicyclic amines) is 1. The second-order valence-electron chi connectivity index (χ2n) is 5.94. The first-order valence-corrected chi connectivity index (χ1v) is 6.61. The molecule has 17 heavy (non-hydrogen) atoms. The summed E-state index contributed by atoms with van der Waals surface area (Å²) in [7, 11) is 7.95. The third kappa shape index (κ3) is 2.47. The van der Waals surface area contributed by atoms with Crippen molar-refractivity contribution in [3.8, 4) is 0 Å². The predicted molar refractivity (Wildman–Crippen MR) is 68.5 cm³/mol. The Bertz CT molecular complexity index is 290. The fraction of sp³-hybridized carbons (Fsp3) is 0.923. The molecule has 1 aliphatic heterocycles. The molecule has 0 aromatic rings. The maximum atomic E-state index is 12.1. The Labute approximate surface area is 104 Å². The van der Waals surface area contributed by atoms with Gasteiger partial charge in [0.25, 0.3) is 0 Å². The topological polar surface area (TPSA) is 35.6 Å². The number of hydrogen-bond donors (Lipinski definition) is 1. The van der Waals surface area contributed by atoms with Crippen LogP contribution in [0.1, 0.15) is 19.3 Å². The van der Waals surface area contributed by atoms with Gasteiger partial charge in [-0.3, -0.25) is 9.69 Å². The molecule has 4 atom stereocenters. The van der Waals surface area contributed by atoms with Crippen LogP contribution in [0.2, 0.25) is 0 Å². The van der Waals surface area contributed by atoms with Crippen LogP contribution >= 0.6 is 0 Å². The number of piperidine rings is 1. The average molecular weight is 239 g/mol. The van der Waals surface area contributed by atoms with Gasteiger partial charge in [0.15, 0.2) is 0 Å². The van der Waals surface area contributed by atoms with Gasteiger partial charge in [-0.05, 0) is 45.2 Å². The Morgan fingerprint density at radius 1 is 1.29 bits per heavy atom. The van der Waals surface area contributed by atoms with Crippen LogP contribution in [-0.2, 0) is 4.79 Å². The summed E-state index contributed by atoms with van der Waals surface area (Å²) in [6.07, 6.45) is 3.86. The summed E-state index contributed by atoms with van der Waals surface area (Å²) in [6.45, 7) is 1.12. The molecule has 0 aromatic carbocycles. The first-order valence-electron chi connectivity index (χ1n) is 6.61. The fourth-order valence-corrected chi connectivity index (χ4v) is 3.80. The van der Waals surface area contributed by atoms with Gasteiger partial charge in [0.2, 0.25) is 5.91 Å². The first kappa shape index (κ1) is 12.8. The number of rotatable bonds is 2. The minimum Gasteiger partial charge on any atom is -0.349 e. The lowest BCUT2D eigenvalue weighted by molar-refractivity contribution is -0.137. The van der Waals surface area contributed by atoms with Crippen LogP contribution in [0.25, 0.3) is 0 Å². The van der Waals surface area contributed by atoms with Gasteiger partial charge < -0.3 is 10.2 Å². The molecule has 1 saturated heterocycles. The van der Waals surface area contributed by atoms with E-state index < -0.39 is 0 Å². The van der Waals surface area contributed by atoms with E-state index in [2.05, 4.69) is 17.3 Å². The Morgan fingerprint density at radius 3 is 2.59 bits per heavy atom. The van der Waals surface area contributed by atoms with Gasteiger partial charge in [0, 0.05) is 26.6 Å². The number of carbonyl (C=O) groups is 1. The number of hydrogen-bond acceptors (Lipinski definition) is 3. The molecule has 2 fully saturated rings. The third-order valence-corrected chi connectivity index (χ3v) is 4.39. The summed E-state index contributed by atoms with van der Waals surface area (Å²) >= 11 is 0. The maximum Gasteiger partial charge on any atom is 0.225 e. The number of nitrogens with zero attached hydrogens (tertiary/aromatic N) is 2. The van der Waals surface area contributed by atoms with Crippen molar-refractivity contribution < 1.29 is 4.79 Å². The van der Waals surface area contributed by atoms with Crippen LogP contribution in [0.4, 0.5) is 0 Å². The second kappa shape index (κ2) is 4.94. The quantitative estimate of drug-likeness (QED) is 0.766. The monoisotopic (exact) mass is 239 g/mol. The molecule has 98 valence electrons. The van der Waals surface area contributed by atoms with E-state index in [1.165, 1.54) is 6.42 Å². The minimum atomic E-state index is 0.248.